The number of imidazole rings is 1. The molecule has 0 radical (unpaired) electrons. The topological polar surface area (TPSA) is 42.2 Å². The van der Waals surface area contributed by atoms with E-state index in [1.54, 1.807) is 11.8 Å². The summed E-state index contributed by atoms with van der Waals surface area (Å²) in [5.41, 5.74) is 2.20. The van der Waals surface area contributed by atoms with Crippen LogP contribution in [0.5, 0.6) is 0 Å². The molecule has 4 nitrogen and oxygen atoms in total. The van der Waals surface area contributed by atoms with E-state index < -0.39 is 0 Å². The molecule has 1 aromatic carbocycles. The smallest absolute Gasteiger partial charge is 0.210 e. The SMILES string of the molecule is CSC1=NCCn2c(nc3ccccc32)N1. The summed E-state index contributed by atoms with van der Waals surface area (Å²) in [4.78, 5) is 9.01. The summed E-state index contributed by atoms with van der Waals surface area (Å²) >= 11 is 1.62. The number of fused-ring (bicyclic) bond motifs is 3. The minimum absolute atomic E-state index is 0.802. The summed E-state index contributed by atoms with van der Waals surface area (Å²) in [6, 6.07) is 8.18. The summed E-state index contributed by atoms with van der Waals surface area (Å²) in [5.74, 6) is 0.895. The van der Waals surface area contributed by atoms with Crippen molar-refractivity contribution in [3.05, 3.63) is 24.3 Å². The quantitative estimate of drug-likeness (QED) is 0.757. The van der Waals surface area contributed by atoms with E-state index in [1.165, 1.54) is 5.52 Å². The summed E-state index contributed by atoms with van der Waals surface area (Å²) in [6.45, 7) is 1.68. The van der Waals surface area contributed by atoms with E-state index in [2.05, 4.69) is 25.9 Å². The lowest BCUT2D eigenvalue weighted by atomic mass is 10.3. The number of hydrogen-bond acceptors (Lipinski definition) is 4. The average molecular weight is 232 g/mol. The first-order chi connectivity index (χ1) is 7.88. The Morgan fingerprint density at radius 3 is 3.12 bits per heavy atom. The predicted octanol–water partition coefficient (Wildman–Crippen LogP) is 2.18. The molecule has 1 aliphatic heterocycles. The third kappa shape index (κ3) is 1.48. The van der Waals surface area contributed by atoms with E-state index in [-0.39, 0.29) is 0 Å². The zero-order valence-electron chi connectivity index (χ0n) is 8.97. The van der Waals surface area contributed by atoms with Crippen molar-refractivity contribution in [3.63, 3.8) is 0 Å². The van der Waals surface area contributed by atoms with Crippen LogP contribution in [-0.4, -0.2) is 27.5 Å². The minimum atomic E-state index is 0.802. The molecule has 0 saturated heterocycles. The van der Waals surface area contributed by atoms with Crippen molar-refractivity contribution >= 4 is 33.9 Å². The lowest BCUT2D eigenvalue weighted by Crippen LogP contribution is -2.09. The van der Waals surface area contributed by atoms with Crippen LogP contribution in [0.25, 0.3) is 11.0 Å². The van der Waals surface area contributed by atoms with Crippen molar-refractivity contribution in [3.8, 4) is 0 Å². The summed E-state index contributed by atoms with van der Waals surface area (Å²) in [5, 5.41) is 4.20. The number of nitrogens with zero attached hydrogens (tertiary/aromatic N) is 3. The summed E-state index contributed by atoms with van der Waals surface area (Å²) < 4.78 is 2.18. The molecule has 16 heavy (non-hydrogen) atoms. The highest BCUT2D eigenvalue weighted by molar-refractivity contribution is 8.13. The molecule has 1 aromatic heterocycles. The zero-order valence-corrected chi connectivity index (χ0v) is 9.79. The Morgan fingerprint density at radius 2 is 2.25 bits per heavy atom. The maximum Gasteiger partial charge on any atom is 0.210 e. The Morgan fingerprint density at radius 1 is 1.38 bits per heavy atom. The number of amidine groups is 1. The molecule has 0 atom stereocenters. The molecular weight excluding hydrogens is 220 g/mol. The van der Waals surface area contributed by atoms with Crippen molar-refractivity contribution in [1.29, 1.82) is 0 Å². The van der Waals surface area contributed by atoms with Gasteiger partial charge >= 0.3 is 0 Å². The van der Waals surface area contributed by atoms with Gasteiger partial charge in [-0.25, -0.2) is 4.98 Å². The number of benzene rings is 1. The molecule has 5 heteroatoms. The second kappa shape index (κ2) is 3.83. The number of anilines is 1. The Hall–Kier alpha value is -1.49. The van der Waals surface area contributed by atoms with Crippen molar-refractivity contribution in [1.82, 2.24) is 9.55 Å². The third-order valence-corrected chi connectivity index (χ3v) is 3.26. The van der Waals surface area contributed by atoms with E-state index in [0.717, 1.165) is 29.7 Å². The molecule has 0 saturated carbocycles. The van der Waals surface area contributed by atoms with Crippen molar-refractivity contribution in [2.45, 2.75) is 6.54 Å². The Labute approximate surface area is 97.8 Å². The highest BCUT2D eigenvalue weighted by Crippen LogP contribution is 2.21. The molecule has 0 spiro atoms. The average Bonchev–Trinajstić information content (AvgIpc) is 2.54. The fourth-order valence-electron chi connectivity index (χ4n) is 1.90. The number of rotatable bonds is 0. The van der Waals surface area contributed by atoms with Gasteiger partial charge < -0.3 is 9.88 Å². The Balaban J connectivity index is 2.14. The molecule has 1 N–H and O–H groups in total. The number of hydrogen-bond donors (Lipinski definition) is 1. The van der Waals surface area contributed by atoms with Crippen LogP contribution in [0.2, 0.25) is 0 Å². The molecule has 0 bridgehead atoms. The van der Waals surface area contributed by atoms with Gasteiger partial charge in [-0.15, -0.1) is 0 Å². The number of aromatic nitrogens is 2. The van der Waals surface area contributed by atoms with Crippen molar-refractivity contribution in [2.24, 2.45) is 4.99 Å². The molecule has 0 aliphatic carbocycles. The normalized spacial score (nSPS) is 15.2. The van der Waals surface area contributed by atoms with Crippen LogP contribution in [0.15, 0.2) is 29.3 Å². The summed E-state index contributed by atoms with van der Waals surface area (Å²) in [6.07, 6.45) is 2.02. The molecule has 0 unspecified atom stereocenters. The minimum Gasteiger partial charge on any atom is -0.308 e. The number of thioether (sulfide) groups is 1. The molecule has 0 amide bonds. The number of aliphatic imine (C=N–C) groups is 1. The van der Waals surface area contributed by atoms with Gasteiger partial charge in [0.05, 0.1) is 17.6 Å². The second-order valence-corrected chi connectivity index (χ2v) is 4.39. The Bertz CT molecular complexity index is 558. The lowest BCUT2D eigenvalue weighted by Gasteiger charge is -2.04. The van der Waals surface area contributed by atoms with Gasteiger partial charge in [-0.1, -0.05) is 23.9 Å². The van der Waals surface area contributed by atoms with Crippen LogP contribution in [0.1, 0.15) is 0 Å². The van der Waals surface area contributed by atoms with Crippen molar-refractivity contribution < 1.29 is 0 Å². The van der Waals surface area contributed by atoms with E-state index >= 15 is 0 Å². The molecule has 2 aromatic rings. The molecule has 2 heterocycles. The van der Waals surface area contributed by atoms with Gasteiger partial charge in [0.1, 0.15) is 0 Å². The largest absolute Gasteiger partial charge is 0.308 e. The lowest BCUT2D eigenvalue weighted by molar-refractivity contribution is 0.749. The summed E-state index contributed by atoms with van der Waals surface area (Å²) in [7, 11) is 0. The van der Waals surface area contributed by atoms with Gasteiger partial charge in [0.2, 0.25) is 5.95 Å². The van der Waals surface area contributed by atoms with Crippen LogP contribution in [-0.2, 0) is 6.54 Å². The first-order valence-electron chi connectivity index (χ1n) is 5.19. The van der Waals surface area contributed by atoms with E-state index in [0.29, 0.717) is 0 Å². The fraction of sp³-hybridized carbons (Fsp3) is 0.273. The van der Waals surface area contributed by atoms with Gasteiger partial charge in [-0.2, -0.15) is 0 Å². The molecule has 0 fully saturated rings. The molecule has 82 valence electrons. The van der Waals surface area contributed by atoms with Crippen molar-refractivity contribution in [2.75, 3.05) is 18.1 Å². The monoisotopic (exact) mass is 232 g/mol. The molecule has 1 aliphatic rings. The fourth-order valence-corrected chi connectivity index (χ4v) is 2.31. The third-order valence-electron chi connectivity index (χ3n) is 2.65. The van der Waals surface area contributed by atoms with Gasteiger partial charge in [0.25, 0.3) is 0 Å². The number of nitrogens with one attached hydrogen (secondary N) is 1. The van der Waals surface area contributed by atoms with Gasteiger partial charge in [-0.3, -0.25) is 4.99 Å². The van der Waals surface area contributed by atoms with Crippen LogP contribution < -0.4 is 5.32 Å². The van der Waals surface area contributed by atoms with Crippen LogP contribution in [0.4, 0.5) is 5.95 Å². The van der Waals surface area contributed by atoms with Crippen LogP contribution in [0.3, 0.4) is 0 Å². The van der Waals surface area contributed by atoms with E-state index in [9.17, 15) is 0 Å². The van der Waals surface area contributed by atoms with Crippen LogP contribution in [0, 0.1) is 0 Å². The Kier molecular flexibility index (Phi) is 2.32. The predicted molar refractivity (Wildman–Crippen MR) is 69.2 cm³/mol. The first-order valence-corrected chi connectivity index (χ1v) is 6.41. The van der Waals surface area contributed by atoms with Gasteiger partial charge in [0, 0.05) is 6.54 Å². The van der Waals surface area contributed by atoms with E-state index in [4.69, 9.17) is 0 Å². The molecule has 3 rings (SSSR count). The standard InChI is InChI=1S/C11H12N4S/c1-16-11-12-6-7-15-9-5-3-2-4-8(9)13-10(15)14-11/h2-5H,6-7H2,1H3,(H,12,13,14). The number of para-hydroxylation sites is 2. The first kappa shape index (κ1) is 9.72. The van der Waals surface area contributed by atoms with Crippen LogP contribution >= 0.6 is 11.8 Å². The maximum atomic E-state index is 4.57. The highest BCUT2D eigenvalue weighted by atomic mass is 32.2. The van der Waals surface area contributed by atoms with Gasteiger partial charge in [-0.05, 0) is 18.4 Å². The zero-order chi connectivity index (χ0) is 11.0. The maximum absolute atomic E-state index is 4.57. The molecular formula is C11H12N4S. The van der Waals surface area contributed by atoms with E-state index in [1.807, 2.05) is 24.5 Å². The van der Waals surface area contributed by atoms with Gasteiger partial charge in [0.15, 0.2) is 5.17 Å². The highest BCUT2D eigenvalue weighted by Gasteiger charge is 2.13. The second-order valence-electron chi connectivity index (χ2n) is 3.59.